The number of hydrogen-bond acceptors (Lipinski definition) is 6. The maximum Gasteiger partial charge on any atom is 0.259 e. The van der Waals surface area contributed by atoms with E-state index < -0.39 is 18.6 Å². The minimum atomic E-state index is -0.975. The number of amides is 2. The number of pyridine rings is 1. The third kappa shape index (κ3) is 5.06. The molecule has 8 nitrogen and oxygen atoms in total. The first-order chi connectivity index (χ1) is 10.7. The van der Waals surface area contributed by atoms with E-state index in [1.54, 1.807) is 29.5 Å². The van der Waals surface area contributed by atoms with Gasteiger partial charge in [0.05, 0.1) is 26.2 Å². The molecule has 0 spiro atoms. The van der Waals surface area contributed by atoms with Gasteiger partial charge in [-0.1, -0.05) is 0 Å². The monoisotopic (exact) mass is 308 g/mol. The van der Waals surface area contributed by atoms with Gasteiger partial charge in [-0.2, -0.15) is 0 Å². The first kappa shape index (κ1) is 16.3. The van der Waals surface area contributed by atoms with Gasteiger partial charge >= 0.3 is 0 Å². The highest BCUT2D eigenvalue weighted by molar-refractivity contribution is 5.88. The van der Waals surface area contributed by atoms with E-state index in [4.69, 9.17) is 4.74 Å². The molecule has 2 rings (SSSR count). The lowest BCUT2D eigenvalue weighted by Crippen LogP contribution is -2.56. The van der Waals surface area contributed by atoms with Gasteiger partial charge < -0.3 is 15.2 Å². The van der Waals surface area contributed by atoms with Crippen molar-refractivity contribution in [2.75, 3.05) is 32.9 Å². The molecule has 0 unspecified atom stereocenters. The zero-order valence-electron chi connectivity index (χ0n) is 12.2. The highest BCUT2D eigenvalue weighted by Gasteiger charge is 2.22. The number of hydrazine groups is 1. The van der Waals surface area contributed by atoms with E-state index in [1.807, 2.05) is 0 Å². The fourth-order valence-electron chi connectivity index (χ4n) is 2.03. The van der Waals surface area contributed by atoms with Crippen LogP contribution in [0.15, 0.2) is 24.5 Å². The molecule has 0 aromatic carbocycles. The summed E-state index contributed by atoms with van der Waals surface area (Å²) in [6.07, 6.45) is 3.32. The average molecular weight is 308 g/mol. The predicted octanol–water partition coefficient (Wildman–Crippen LogP) is -1.54. The highest BCUT2D eigenvalue weighted by atomic mass is 16.5. The van der Waals surface area contributed by atoms with Crippen LogP contribution in [0.2, 0.25) is 0 Å². The number of aromatic nitrogens is 1. The Labute approximate surface area is 128 Å². The summed E-state index contributed by atoms with van der Waals surface area (Å²) in [6, 6.07) is 2.47. The first-order valence-electron chi connectivity index (χ1n) is 7.11. The number of aliphatic hydroxyl groups is 1. The van der Waals surface area contributed by atoms with Gasteiger partial charge in [0, 0.05) is 25.5 Å². The number of aliphatic hydroxyl groups excluding tert-OH is 1. The molecule has 3 N–H and O–H groups in total. The number of carbonyl (C=O) groups excluding carboxylic acids is 2. The number of nitrogens with one attached hydrogen (secondary N) is 2. The number of morpholine rings is 1. The van der Waals surface area contributed by atoms with Crippen molar-refractivity contribution in [3.63, 3.8) is 0 Å². The van der Waals surface area contributed by atoms with Gasteiger partial charge in [0.1, 0.15) is 6.04 Å². The van der Waals surface area contributed by atoms with Gasteiger partial charge in [-0.25, -0.2) is 5.01 Å². The van der Waals surface area contributed by atoms with Gasteiger partial charge in [0.25, 0.3) is 5.91 Å². The Morgan fingerprint density at radius 3 is 2.64 bits per heavy atom. The van der Waals surface area contributed by atoms with Crippen LogP contribution < -0.4 is 10.7 Å². The predicted molar refractivity (Wildman–Crippen MR) is 77.5 cm³/mol. The molecule has 1 aliphatic heterocycles. The highest BCUT2D eigenvalue weighted by Crippen LogP contribution is 1.98. The van der Waals surface area contributed by atoms with Crippen molar-refractivity contribution in [3.8, 4) is 0 Å². The van der Waals surface area contributed by atoms with Crippen LogP contribution in [-0.4, -0.2) is 65.9 Å². The smallest absolute Gasteiger partial charge is 0.259 e. The fourth-order valence-corrected chi connectivity index (χ4v) is 2.03. The van der Waals surface area contributed by atoms with Gasteiger partial charge in [0.15, 0.2) is 0 Å². The molecular weight excluding hydrogens is 288 g/mol. The second-order valence-corrected chi connectivity index (χ2v) is 4.91. The van der Waals surface area contributed by atoms with Crippen LogP contribution in [0.25, 0.3) is 0 Å². The van der Waals surface area contributed by atoms with Crippen LogP contribution in [0.1, 0.15) is 5.56 Å². The maximum absolute atomic E-state index is 12.1. The van der Waals surface area contributed by atoms with E-state index in [2.05, 4.69) is 15.7 Å². The van der Waals surface area contributed by atoms with Crippen molar-refractivity contribution in [2.24, 2.45) is 0 Å². The van der Waals surface area contributed by atoms with Crippen molar-refractivity contribution < 1.29 is 19.4 Å². The van der Waals surface area contributed by atoms with E-state index in [9.17, 15) is 14.7 Å². The van der Waals surface area contributed by atoms with Crippen molar-refractivity contribution in [1.82, 2.24) is 20.7 Å². The summed E-state index contributed by atoms with van der Waals surface area (Å²) in [5, 5.41) is 13.5. The van der Waals surface area contributed by atoms with E-state index in [-0.39, 0.29) is 12.3 Å². The number of hydrogen-bond donors (Lipinski definition) is 3. The van der Waals surface area contributed by atoms with Crippen molar-refractivity contribution >= 4 is 11.8 Å². The van der Waals surface area contributed by atoms with E-state index in [0.29, 0.717) is 26.3 Å². The number of rotatable bonds is 6. The Hall–Kier alpha value is -2.03. The first-order valence-corrected chi connectivity index (χ1v) is 7.11. The lowest BCUT2D eigenvalue weighted by atomic mass is 10.2. The number of carbonyl (C=O) groups is 2. The van der Waals surface area contributed by atoms with E-state index in [0.717, 1.165) is 5.56 Å². The Balaban J connectivity index is 1.82. The van der Waals surface area contributed by atoms with Crippen LogP contribution >= 0.6 is 0 Å². The third-order valence-corrected chi connectivity index (χ3v) is 3.23. The zero-order valence-corrected chi connectivity index (χ0v) is 12.2. The molecule has 0 saturated carbocycles. The van der Waals surface area contributed by atoms with Crippen molar-refractivity contribution in [1.29, 1.82) is 0 Å². The minimum absolute atomic E-state index is 0.129. The molecule has 0 radical (unpaired) electrons. The van der Waals surface area contributed by atoms with E-state index in [1.165, 1.54) is 0 Å². The largest absolute Gasteiger partial charge is 0.394 e. The van der Waals surface area contributed by atoms with Crippen LogP contribution in [-0.2, 0) is 20.7 Å². The molecule has 1 aromatic heterocycles. The Morgan fingerprint density at radius 1 is 1.32 bits per heavy atom. The topological polar surface area (TPSA) is 104 Å². The molecule has 1 atom stereocenters. The second kappa shape index (κ2) is 8.42. The molecule has 0 bridgehead atoms. The minimum Gasteiger partial charge on any atom is -0.394 e. The van der Waals surface area contributed by atoms with Crippen LogP contribution in [0.4, 0.5) is 0 Å². The normalized spacial score (nSPS) is 16.8. The third-order valence-electron chi connectivity index (χ3n) is 3.23. The maximum atomic E-state index is 12.1. The van der Waals surface area contributed by atoms with Crippen LogP contribution in [0.5, 0.6) is 0 Å². The molecule has 1 aliphatic rings. The molecule has 2 heterocycles. The standard InChI is InChI=1S/C14H20N4O4/c19-10-12(14(21)17-18-5-7-22-8-6-18)16-13(20)9-11-1-3-15-4-2-11/h1-4,12,19H,5-10H2,(H,16,20)(H,17,21)/t12-/m0/s1. The quantitative estimate of drug-likeness (QED) is 0.589. The fraction of sp³-hybridized carbons (Fsp3) is 0.500. The Bertz CT molecular complexity index is 491. The molecule has 2 amide bonds. The number of ether oxygens (including phenoxy) is 1. The van der Waals surface area contributed by atoms with Crippen molar-refractivity contribution in [2.45, 2.75) is 12.5 Å². The summed E-state index contributed by atoms with van der Waals surface area (Å²) in [6.45, 7) is 1.78. The van der Waals surface area contributed by atoms with Gasteiger partial charge in [0.2, 0.25) is 5.91 Å². The number of nitrogens with zero attached hydrogens (tertiary/aromatic N) is 2. The molecule has 1 aromatic rings. The Morgan fingerprint density at radius 2 is 2.00 bits per heavy atom. The van der Waals surface area contributed by atoms with E-state index >= 15 is 0 Å². The zero-order chi connectivity index (χ0) is 15.8. The molecule has 22 heavy (non-hydrogen) atoms. The molecule has 1 fully saturated rings. The summed E-state index contributed by atoms with van der Waals surface area (Å²) in [5.41, 5.74) is 3.46. The summed E-state index contributed by atoms with van der Waals surface area (Å²) < 4.78 is 5.18. The van der Waals surface area contributed by atoms with Crippen molar-refractivity contribution in [3.05, 3.63) is 30.1 Å². The molecular formula is C14H20N4O4. The van der Waals surface area contributed by atoms with Gasteiger partial charge in [-0.3, -0.25) is 20.0 Å². The van der Waals surface area contributed by atoms with Gasteiger partial charge in [-0.15, -0.1) is 0 Å². The lowest BCUT2D eigenvalue weighted by Gasteiger charge is -2.28. The summed E-state index contributed by atoms with van der Waals surface area (Å²) in [5.74, 6) is -0.769. The average Bonchev–Trinajstić information content (AvgIpc) is 2.54. The second-order valence-electron chi connectivity index (χ2n) is 4.91. The molecule has 0 aliphatic carbocycles. The molecule has 8 heteroatoms. The lowest BCUT2D eigenvalue weighted by molar-refractivity contribution is -0.134. The van der Waals surface area contributed by atoms with Crippen LogP contribution in [0.3, 0.4) is 0 Å². The summed E-state index contributed by atoms with van der Waals surface area (Å²) in [7, 11) is 0. The Kier molecular flexibility index (Phi) is 6.26. The molecule has 120 valence electrons. The summed E-state index contributed by atoms with van der Waals surface area (Å²) in [4.78, 5) is 27.8. The summed E-state index contributed by atoms with van der Waals surface area (Å²) >= 11 is 0. The van der Waals surface area contributed by atoms with Gasteiger partial charge in [-0.05, 0) is 17.7 Å². The molecule has 1 saturated heterocycles. The SMILES string of the molecule is O=C(Cc1ccncc1)N[C@@H](CO)C(=O)NN1CCOCC1. The van der Waals surface area contributed by atoms with Crippen LogP contribution in [0, 0.1) is 0 Å².